The Morgan fingerprint density at radius 1 is 1.55 bits per heavy atom. The average Bonchev–Trinajstić information content (AvgIpc) is 2.89. The lowest BCUT2D eigenvalue weighted by Crippen LogP contribution is -2.48. The molecule has 9 heteroatoms. The summed E-state index contributed by atoms with van der Waals surface area (Å²) in [7, 11) is 0.334. The van der Waals surface area contributed by atoms with Gasteiger partial charge in [-0.25, -0.2) is 4.98 Å². The molecule has 1 aliphatic heterocycles. The van der Waals surface area contributed by atoms with Crippen LogP contribution in [0.3, 0.4) is 0 Å². The fraction of sp³-hybridized carbons (Fsp3) is 0.538. The minimum absolute atomic E-state index is 0.337. The Morgan fingerprint density at radius 3 is 2.95 bits per heavy atom. The third-order valence-electron chi connectivity index (χ3n) is 4.41. The summed E-state index contributed by atoms with van der Waals surface area (Å²) in [4.78, 5) is 4.17. The first-order chi connectivity index (χ1) is 10.5. The van der Waals surface area contributed by atoms with Gasteiger partial charge in [-0.15, -0.1) is 0 Å². The lowest BCUT2D eigenvalue weighted by Gasteiger charge is -2.42. The number of likely N-dealkylation sites (tertiary alicyclic amines) is 1. The van der Waals surface area contributed by atoms with Crippen LogP contribution in [0.1, 0.15) is 12.8 Å². The van der Waals surface area contributed by atoms with Crippen molar-refractivity contribution in [3.05, 3.63) is 17.4 Å². The largest absolute Gasteiger partial charge is 0.386 e. The number of quaternary nitrogens is 1. The zero-order valence-electron chi connectivity index (χ0n) is 12.3. The van der Waals surface area contributed by atoms with Gasteiger partial charge in [0, 0.05) is 42.1 Å². The van der Waals surface area contributed by atoms with Crippen LogP contribution in [0.5, 0.6) is 0 Å². The minimum atomic E-state index is -1.56. The Balaban J connectivity index is 1.65. The molecule has 1 fully saturated rings. The molecule has 0 radical (unpaired) electrons. The van der Waals surface area contributed by atoms with E-state index in [0.717, 1.165) is 43.5 Å². The Hall–Kier alpha value is -1.38. The molecule has 0 unspecified atom stereocenters. The van der Waals surface area contributed by atoms with E-state index in [4.69, 9.17) is 16.4 Å². The van der Waals surface area contributed by atoms with Crippen molar-refractivity contribution in [1.29, 1.82) is 4.78 Å². The highest BCUT2D eigenvalue weighted by atomic mass is 35.5. The van der Waals surface area contributed by atoms with Crippen LogP contribution < -0.4 is 5.32 Å². The van der Waals surface area contributed by atoms with E-state index in [0.29, 0.717) is 20.6 Å². The maximum atomic E-state index is 11.5. The quantitative estimate of drug-likeness (QED) is 0.587. The molecule has 22 heavy (non-hydrogen) atoms. The third kappa shape index (κ3) is 2.90. The van der Waals surface area contributed by atoms with E-state index in [1.54, 1.807) is 6.20 Å². The monoisotopic (exact) mass is 342 g/mol. The lowest BCUT2D eigenvalue weighted by molar-refractivity contribution is -0.786. The normalized spacial score (nSPS) is 25.7. The second-order valence-corrected chi connectivity index (χ2v) is 7.67. The van der Waals surface area contributed by atoms with Crippen LogP contribution in [-0.2, 0) is 15.0 Å². The predicted molar refractivity (Wildman–Crippen MR) is 86.8 cm³/mol. The molecule has 0 amide bonds. The zero-order valence-corrected chi connectivity index (χ0v) is 13.9. The molecular formula is C13H19ClN6OS. The number of halogens is 1. The van der Waals surface area contributed by atoms with Crippen molar-refractivity contribution in [3.8, 4) is 0 Å². The number of hydrogen-bond donors (Lipinski definition) is 3. The molecule has 120 valence electrons. The number of rotatable bonds is 4. The van der Waals surface area contributed by atoms with Crippen LogP contribution in [0, 0.1) is 10.7 Å². The van der Waals surface area contributed by atoms with Crippen molar-refractivity contribution < 1.29 is 8.10 Å². The van der Waals surface area contributed by atoms with E-state index in [1.807, 2.05) is 13.1 Å². The second-order valence-electron chi connectivity index (χ2n) is 5.91. The number of fused-ring (bicyclic) bond motifs is 1. The summed E-state index contributed by atoms with van der Waals surface area (Å²) in [5, 5.41) is 11.5. The first-order valence-corrected chi connectivity index (χ1v) is 8.69. The zero-order chi connectivity index (χ0) is 15.7. The van der Waals surface area contributed by atoms with Crippen molar-refractivity contribution in [2.45, 2.75) is 12.8 Å². The number of H-pyrrole nitrogens is 1. The van der Waals surface area contributed by atoms with E-state index in [9.17, 15) is 4.21 Å². The number of piperidine rings is 1. The van der Waals surface area contributed by atoms with E-state index < -0.39 is 10.8 Å². The molecule has 0 bridgehead atoms. The SMILES string of the molecule is C[N+]1([S-](=N)=O)CCC(CNc2ccnc3n[nH]c(Cl)c23)CC1. The van der Waals surface area contributed by atoms with E-state index in [2.05, 4.69) is 20.5 Å². The topological polar surface area (TPSA) is 94.5 Å². The predicted octanol–water partition coefficient (Wildman–Crippen LogP) is 2.52. The third-order valence-corrected chi connectivity index (χ3v) is 5.85. The summed E-state index contributed by atoms with van der Waals surface area (Å²) in [6, 6.07) is 1.89. The Morgan fingerprint density at radius 2 is 2.27 bits per heavy atom. The number of anilines is 1. The summed E-state index contributed by atoms with van der Waals surface area (Å²) < 4.78 is 19.3. The molecule has 7 nitrogen and oxygen atoms in total. The highest BCUT2D eigenvalue weighted by Gasteiger charge is 2.26. The standard InChI is InChI=1S/C13H19ClN6OS/c1-20(22(15)21)6-3-9(4-7-20)8-17-10-2-5-16-13-11(10)12(14)18-19-13/h2,5,9,15H,3-4,6-8H2,1H3,(H2,16,17,18,19). The van der Waals surface area contributed by atoms with Gasteiger partial charge in [0.2, 0.25) is 0 Å². The molecule has 3 rings (SSSR count). The lowest BCUT2D eigenvalue weighted by atomic mass is 9.97. The first kappa shape index (κ1) is 15.5. The maximum Gasteiger partial charge on any atom is 0.184 e. The van der Waals surface area contributed by atoms with Crippen molar-refractivity contribution in [2.75, 3.05) is 32.0 Å². The van der Waals surface area contributed by atoms with Crippen LogP contribution in [0.4, 0.5) is 5.69 Å². The van der Waals surface area contributed by atoms with Crippen molar-refractivity contribution >= 4 is 39.1 Å². The number of hydrogen-bond acceptors (Lipinski definition) is 6. The average molecular weight is 343 g/mol. The fourth-order valence-electron chi connectivity index (χ4n) is 2.85. The molecular weight excluding hydrogens is 324 g/mol. The summed E-state index contributed by atoms with van der Waals surface area (Å²) in [5.41, 5.74) is 1.53. The van der Waals surface area contributed by atoms with Crippen LogP contribution in [0.2, 0.25) is 5.15 Å². The second kappa shape index (κ2) is 6.02. The number of aromatic nitrogens is 3. The number of nitrogens with zero attached hydrogens (tertiary/aromatic N) is 3. The summed E-state index contributed by atoms with van der Waals surface area (Å²) >= 11 is 6.12. The van der Waals surface area contributed by atoms with Gasteiger partial charge in [-0.05, 0) is 12.0 Å². The summed E-state index contributed by atoms with van der Waals surface area (Å²) in [5.74, 6) is 0.503. The fourth-order valence-corrected chi connectivity index (χ4v) is 3.62. The van der Waals surface area contributed by atoms with E-state index >= 15 is 0 Å². The molecule has 0 saturated carbocycles. The Kier molecular flexibility index (Phi) is 4.24. The molecule has 0 aliphatic carbocycles. The molecule has 3 heterocycles. The van der Waals surface area contributed by atoms with Crippen LogP contribution in [0.25, 0.3) is 11.0 Å². The maximum absolute atomic E-state index is 11.5. The van der Waals surface area contributed by atoms with Crippen molar-refractivity contribution in [2.24, 2.45) is 5.92 Å². The smallest absolute Gasteiger partial charge is 0.184 e. The van der Waals surface area contributed by atoms with Crippen molar-refractivity contribution in [1.82, 2.24) is 15.2 Å². The van der Waals surface area contributed by atoms with Crippen LogP contribution >= 0.6 is 11.6 Å². The number of aromatic amines is 1. The molecule has 1 aliphatic rings. The molecule has 1 saturated heterocycles. The summed E-state index contributed by atoms with van der Waals surface area (Å²) in [6.45, 7) is 2.38. The van der Waals surface area contributed by atoms with Gasteiger partial charge in [0.25, 0.3) is 0 Å². The Bertz CT molecular complexity index is 742. The van der Waals surface area contributed by atoms with Crippen LogP contribution in [-0.4, -0.2) is 45.8 Å². The van der Waals surface area contributed by atoms with Crippen LogP contribution in [0.15, 0.2) is 12.3 Å². The summed E-state index contributed by atoms with van der Waals surface area (Å²) in [6.07, 6.45) is 3.63. The molecule has 2 aromatic rings. The van der Waals surface area contributed by atoms with E-state index in [-0.39, 0.29) is 0 Å². The minimum Gasteiger partial charge on any atom is -0.386 e. The number of pyridine rings is 1. The molecule has 3 N–H and O–H groups in total. The van der Waals surface area contributed by atoms with Gasteiger partial charge in [-0.3, -0.25) is 5.10 Å². The van der Waals surface area contributed by atoms with Gasteiger partial charge in [0.05, 0.1) is 25.5 Å². The number of nitrogens with one attached hydrogen (secondary N) is 3. The first-order valence-electron chi connectivity index (χ1n) is 7.20. The van der Waals surface area contributed by atoms with E-state index in [1.165, 1.54) is 0 Å². The van der Waals surface area contributed by atoms with Crippen molar-refractivity contribution in [3.63, 3.8) is 0 Å². The molecule has 0 spiro atoms. The Labute approximate surface area is 135 Å². The van der Waals surface area contributed by atoms with Gasteiger partial charge in [0.1, 0.15) is 5.15 Å². The molecule has 0 aromatic carbocycles. The van der Waals surface area contributed by atoms with Gasteiger partial charge >= 0.3 is 0 Å². The van der Waals surface area contributed by atoms with Gasteiger partial charge < -0.3 is 18.2 Å². The molecule has 0 atom stereocenters. The highest BCUT2D eigenvalue weighted by Crippen LogP contribution is 2.28. The van der Waals surface area contributed by atoms with Gasteiger partial charge in [-0.2, -0.15) is 5.10 Å². The molecule has 2 aromatic heterocycles. The van der Waals surface area contributed by atoms with Gasteiger partial charge in [-0.1, -0.05) is 11.6 Å². The van der Waals surface area contributed by atoms with Gasteiger partial charge in [0.15, 0.2) is 5.65 Å². The highest BCUT2D eigenvalue weighted by molar-refractivity contribution is 7.67.